The van der Waals surface area contributed by atoms with Crippen molar-refractivity contribution in [1.82, 2.24) is 4.57 Å². The lowest BCUT2D eigenvalue weighted by Gasteiger charge is -2.17. The SMILES string of the molecule is COc1c(C)c(C)c2c(c1OC)c1ccccc1n2Cc1ccccc1. The van der Waals surface area contributed by atoms with Crippen molar-refractivity contribution >= 4 is 21.8 Å². The van der Waals surface area contributed by atoms with Gasteiger partial charge in [0.15, 0.2) is 11.5 Å². The van der Waals surface area contributed by atoms with Crippen LogP contribution in [-0.2, 0) is 6.54 Å². The molecule has 0 aliphatic rings. The maximum atomic E-state index is 5.82. The van der Waals surface area contributed by atoms with Crippen LogP contribution in [0.4, 0.5) is 0 Å². The first kappa shape index (κ1) is 16.5. The first-order valence-corrected chi connectivity index (χ1v) is 8.83. The molecule has 0 saturated carbocycles. The lowest BCUT2D eigenvalue weighted by Crippen LogP contribution is -2.03. The molecule has 3 aromatic carbocycles. The summed E-state index contributed by atoms with van der Waals surface area (Å²) >= 11 is 0. The fourth-order valence-electron chi connectivity index (χ4n) is 3.93. The van der Waals surface area contributed by atoms with Crippen molar-refractivity contribution in [2.24, 2.45) is 0 Å². The normalized spacial score (nSPS) is 11.2. The van der Waals surface area contributed by atoms with Gasteiger partial charge in [-0.1, -0.05) is 48.5 Å². The van der Waals surface area contributed by atoms with Gasteiger partial charge < -0.3 is 14.0 Å². The number of hydrogen-bond acceptors (Lipinski definition) is 2. The van der Waals surface area contributed by atoms with Crippen molar-refractivity contribution in [2.45, 2.75) is 20.4 Å². The fourth-order valence-corrected chi connectivity index (χ4v) is 3.93. The van der Waals surface area contributed by atoms with Crippen LogP contribution in [0.2, 0.25) is 0 Å². The molecule has 26 heavy (non-hydrogen) atoms. The lowest BCUT2D eigenvalue weighted by molar-refractivity contribution is 0.356. The molecule has 0 fully saturated rings. The number of aryl methyl sites for hydroxylation is 1. The molecule has 0 aliphatic carbocycles. The molecule has 0 unspecified atom stereocenters. The zero-order valence-electron chi connectivity index (χ0n) is 15.7. The van der Waals surface area contributed by atoms with E-state index in [0.717, 1.165) is 29.0 Å². The number of hydrogen-bond donors (Lipinski definition) is 0. The van der Waals surface area contributed by atoms with Gasteiger partial charge in [-0.3, -0.25) is 0 Å². The van der Waals surface area contributed by atoms with E-state index in [1.165, 1.54) is 27.5 Å². The monoisotopic (exact) mass is 345 g/mol. The van der Waals surface area contributed by atoms with Gasteiger partial charge >= 0.3 is 0 Å². The van der Waals surface area contributed by atoms with Crippen molar-refractivity contribution in [2.75, 3.05) is 14.2 Å². The number of methoxy groups -OCH3 is 2. The number of rotatable bonds is 4. The number of fused-ring (bicyclic) bond motifs is 3. The molecule has 0 aliphatic heterocycles. The van der Waals surface area contributed by atoms with Gasteiger partial charge in [-0.05, 0) is 36.6 Å². The lowest BCUT2D eigenvalue weighted by atomic mass is 10.0. The van der Waals surface area contributed by atoms with E-state index in [1.54, 1.807) is 14.2 Å². The number of para-hydroxylation sites is 1. The van der Waals surface area contributed by atoms with Gasteiger partial charge in [-0.15, -0.1) is 0 Å². The second-order valence-corrected chi connectivity index (χ2v) is 6.63. The smallest absolute Gasteiger partial charge is 0.171 e. The van der Waals surface area contributed by atoms with Gasteiger partial charge in [-0.25, -0.2) is 0 Å². The Morgan fingerprint density at radius 1 is 0.769 bits per heavy atom. The molecule has 132 valence electrons. The van der Waals surface area contributed by atoms with Crippen molar-refractivity contribution in [3.05, 3.63) is 71.3 Å². The predicted molar refractivity (Wildman–Crippen MR) is 108 cm³/mol. The second kappa shape index (κ2) is 6.41. The van der Waals surface area contributed by atoms with Crippen LogP contribution in [0.5, 0.6) is 11.5 Å². The van der Waals surface area contributed by atoms with Gasteiger partial charge in [0.25, 0.3) is 0 Å². The minimum absolute atomic E-state index is 0.814. The molecule has 3 nitrogen and oxygen atoms in total. The van der Waals surface area contributed by atoms with Crippen LogP contribution >= 0.6 is 0 Å². The molecule has 0 radical (unpaired) electrons. The Hall–Kier alpha value is -2.94. The van der Waals surface area contributed by atoms with Gasteiger partial charge in [0.2, 0.25) is 0 Å². The summed E-state index contributed by atoms with van der Waals surface area (Å²) in [6.45, 7) is 5.08. The quantitative estimate of drug-likeness (QED) is 0.489. The summed E-state index contributed by atoms with van der Waals surface area (Å²) < 4.78 is 13.9. The van der Waals surface area contributed by atoms with Crippen LogP contribution in [0, 0.1) is 13.8 Å². The summed E-state index contributed by atoms with van der Waals surface area (Å²) in [5.74, 6) is 1.63. The number of benzene rings is 3. The zero-order chi connectivity index (χ0) is 18.3. The van der Waals surface area contributed by atoms with Gasteiger partial charge in [0.1, 0.15) is 0 Å². The molecule has 4 aromatic rings. The molecule has 0 atom stereocenters. The van der Waals surface area contributed by atoms with E-state index in [1.807, 2.05) is 0 Å². The van der Waals surface area contributed by atoms with E-state index in [0.29, 0.717) is 0 Å². The number of nitrogens with zero attached hydrogens (tertiary/aromatic N) is 1. The third-order valence-electron chi connectivity index (χ3n) is 5.25. The molecule has 4 rings (SSSR count). The van der Waals surface area contributed by atoms with E-state index in [4.69, 9.17) is 9.47 Å². The molecule has 0 N–H and O–H groups in total. The van der Waals surface area contributed by atoms with Crippen LogP contribution < -0.4 is 9.47 Å². The van der Waals surface area contributed by atoms with Crippen LogP contribution in [0.3, 0.4) is 0 Å². The summed E-state index contributed by atoms with van der Waals surface area (Å²) in [6, 6.07) is 19.1. The Morgan fingerprint density at radius 3 is 2.12 bits per heavy atom. The first-order chi connectivity index (χ1) is 12.7. The molecular weight excluding hydrogens is 322 g/mol. The minimum Gasteiger partial charge on any atom is -0.493 e. The Kier molecular flexibility index (Phi) is 4.08. The number of ether oxygens (including phenoxy) is 2. The van der Waals surface area contributed by atoms with E-state index in [9.17, 15) is 0 Å². The minimum atomic E-state index is 0.814. The van der Waals surface area contributed by atoms with E-state index < -0.39 is 0 Å². The highest BCUT2D eigenvalue weighted by atomic mass is 16.5. The molecule has 0 spiro atoms. The molecule has 0 saturated heterocycles. The average Bonchev–Trinajstić information content (AvgIpc) is 3.00. The van der Waals surface area contributed by atoms with Gasteiger partial charge in [0, 0.05) is 17.4 Å². The highest BCUT2D eigenvalue weighted by Gasteiger charge is 2.22. The summed E-state index contributed by atoms with van der Waals surface area (Å²) in [7, 11) is 3.43. The summed E-state index contributed by atoms with van der Waals surface area (Å²) in [4.78, 5) is 0. The summed E-state index contributed by atoms with van der Waals surface area (Å²) in [6.07, 6.45) is 0. The molecule has 1 aromatic heterocycles. The Morgan fingerprint density at radius 2 is 1.42 bits per heavy atom. The Bertz CT molecular complexity index is 1090. The molecule has 0 amide bonds. The van der Waals surface area contributed by atoms with Gasteiger partial charge in [-0.2, -0.15) is 0 Å². The Labute approximate surface area is 153 Å². The largest absolute Gasteiger partial charge is 0.493 e. The van der Waals surface area contributed by atoms with Crippen molar-refractivity contribution < 1.29 is 9.47 Å². The molecule has 0 bridgehead atoms. The third-order valence-corrected chi connectivity index (χ3v) is 5.25. The van der Waals surface area contributed by atoms with Crippen molar-refractivity contribution in [3.8, 4) is 11.5 Å². The molecular formula is C23H23NO2. The highest BCUT2D eigenvalue weighted by Crippen LogP contribution is 2.45. The highest BCUT2D eigenvalue weighted by molar-refractivity contribution is 6.13. The van der Waals surface area contributed by atoms with Crippen LogP contribution in [0.1, 0.15) is 16.7 Å². The predicted octanol–water partition coefficient (Wildman–Crippen LogP) is 5.48. The van der Waals surface area contributed by atoms with Crippen LogP contribution in [0.25, 0.3) is 21.8 Å². The summed E-state index contributed by atoms with van der Waals surface area (Å²) in [5.41, 5.74) is 6.05. The third kappa shape index (κ3) is 2.35. The van der Waals surface area contributed by atoms with E-state index in [2.05, 4.69) is 73.0 Å². The summed E-state index contributed by atoms with van der Waals surface area (Å²) in [5, 5.41) is 2.32. The van der Waals surface area contributed by atoms with Crippen molar-refractivity contribution in [1.29, 1.82) is 0 Å². The van der Waals surface area contributed by atoms with Crippen molar-refractivity contribution in [3.63, 3.8) is 0 Å². The van der Waals surface area contributed by atoms with E-state index >= 15 is 0 Å². The maximum Gasteiger partial charge on any atom is 0.171 e. The molecule has 1 heterocycles. The Balaban J connectivity index is 2.15. The van der Waals surface area contributed by atoms with E-state index in [-0.39, 0.29) is 0 Å². The molecule has 3 heteroatoms. The number of aromatic nitrogens is 1. The van der Waals surface area contributed by atoms with Crippen LogP contribution in [-0.4, -0.2) is 18.8 Å². The topological polar surface area (TPSA) is 23.4 Å². The van der Waals surface area contributed by atoms with Crippen LogP contribution in [0.15, 0.2) is 54.6 Å². The fraction of sp³-hybridized carbons (Fsp3) is 0.217. The van der Waals surface area contributed by atoms with Gasteiger partial charge in [0.05, 0.1) is 25.1 Å². The standard InChI is InChI=1S/C23H23NO2/c1-15-16(2)22(25-3)23(26-4)20-18-12-8-9-13-19(18)24(21(15)20)14-17-10-6-5-7-11-17/h5-13H,14H2,1-4H3. The second-order valence-electron chi connectivity index (χ2n) is 6.63. The average molecular weight is 345 g/mol. The zero-order valence-corrected chi connectivity index (χ0v) is 15.7. The first-order valence-electron chi connectivity index (χ1n) is 8.83. The maximum absolute atomic E-state index is 5.82.